The molecule has 0 bridgehead atoms. The van der Waals surface area contributed by atoms with Crippen molar-refractivity contribution in [1.82, 2.24) is 9.80 Å². The summed E-state index contributed by atoms with van der Waals surface area (Å²) >= 11 is 0. The number of hydrogen-bond acceptors (Lipinski definition) is 2. The summed E-state index contributed by atoms with van der Waals surface area (Å²) in [5.41, 5.74) is 1.82. The quantitative estimate of drug-likeness (QED) is 0.856. The van der Waals surface area contributed by atoms with Crippen LogP contribution in [-0.2, 0) is 4.79 Å². The van der Waals surface area contributed by atoms with E-state index in [0.29, 0.717) is 25.2 Å². The number of anilines is 1. The minimum Gasteiger partial charge on any atom is -0.345 e. The van der Waals surface area contributed by atoms with Gasteiger partial charge in [-0.3, -0.25) is 4.79 Å². The Balaban J connectivity index is 1.46. The first-order chi connectivity index (χ1) is 13.5. The Morgan fingerprint density at radius 3 is 2.61 bits per heavy atom. The van der Waals surface area contributed by atoms with Crippen molar-refractivity contribution in [2.24, 2.45) is 5.41 Å². The van der Waals surface area contributed by atoms with Gasteiger partial charge in [0.2, 0.25) is 5.91 Å². The molecule has 3 amide bonds. The molecule has 2 saturated heterocycles. The Hall–Kier alpha value is -2.89. The van der Waals surface area contributed by atoms with Gasteiger partial charge < -0.3 is 15.1 Å². The lowest BCUT2D eigenvalue weighted by Gasteiger charge is -2.37. The molecule has 0 radical (unpaired) electrons. The van der Waals surface area contributed by atoms with Gasteiger partial charge in [-0.1, -0.05) is 24.3 Å². The Morgan fingerprint density at radius 1 is 1.07 bits per heavy atom. The predicted molar refractivity (Wildman–Crippen MR) is 106 cm³/mol. The van der Waals surface area contributed by atoms with Gasteiger partial charge in [-0.15, -0.1) is 0 Å². The van der Waals surface area contributed by atoms with E-state index in [4.69, 9.17) is 0 Å². The van der Waals surface area contributed by atoms with E-state index in [-0.39, 0.29) is 17.8 Å². The minimum absolute atomic E-state index is 0.155. The van der Waals surface area contributed by atoms with E-state index in [0.717, 1.165) is 30.5 Å². The fourth-order valence-corrected chi connectivity index (χ4v) is 4.34. The first kappa shape index (κ1) is 18.5. The molecule has 0 aliphatic carbocycles. The Kier molecular flexibility index (Phi) is 4.79. The maximum absolute atomic E-state index is 13.5. The molecule has 2 fully saturated rings. The fraction of sp³-hybridized carbons (Fsp3) is 0.364. The van der Waals surface area contributed by atoms with E-state index in [1.54, 1.807) is 15.9 Å². The molecule has 5 nitrogen and oxygen atoms in total. The highest BCUT2D eigenvalue weighted by atomic mass is 19.1. The zero-order valence-corrected chi connectivity index (χ0v) is 16.0. The standard InChI is InChI=1S/C22H24FN3O2/c1-25-11-4-9-22(20(25)27)10-12-26(15-22)21(28)24-19-8-3-6-17(14-19)16-5-2-7-18(23)13-16/h2-3,5-8,13-14H,4,9-12,15H2,1H3,(H,24,28). The molecule has 2 aliphatic rings. The predicted octanol–water partition coefficient (Wildman–Crippen LogP) is 3.97. The molecule has 1 unspecified atom stereocenters. The molecule has 2 aromatic carbocycles. The van der Waals surface area contributed by atoms with Crippen molar-refractivity contribution in [1.29, 1.82) is 0 Å². The Labute approximate surface area is 164 Å². The van der Waals surface area contributed by atoms with Gasteiger partial charge in [0, 0.05) is 32.4 Å². The first-order valence-corrected chi connectivity index (χ1v) is 9.64. The normalized spacial score (nSPS) is 22.0. The molecule has 1 atom stereocenters. The number of halogens is 1. The highest BCUT2D eigenvalue weighted by Gasteiger charge is 2.48. The van der Waals surface area contributed by atoms with Crippen molar-refractivity contribution >= 4 is 17.6 Å². The second kappa shape index (κ2) is 7.26. The first-order valence-electron chi connectivity index (χ1n) is 9.64. The number of carbonyl (C=O) groups is 2. The van der Waals surface area contributed by atoms with Crippen LogP contribution in [0, 0.1) is 11.2 Å². The number of benzene rings is 2. The molecule has 6 heteroatoms. The van der Waals surface area contributed by atoms with E-state index < -0.39 is 5.41 Å². The fourth-order valence-electron chi connectivity index (χ4n) is 4.34. The monoisotopic (exact) mass is 381 g/mol. The molecular formula is C22H24FN3O2. The lowest BCUT2D eigenvalue weighted by atomic mass is 9.78. The van der Waals surface area contributed by atoms with Crippen molar-refractivity contribution in [2.45, 2.75) is 19.3 Å². The molecule has 4 rings (SSSR count). The number of piperidine rings is 1. The summed E-state index contributed by atoms with van der Waals surface area (Å²) < 4.78 is 13.5. The third kappa shape index (κ3) is 3.46. The van der Waals surface area contributed by atoms with Crippen LogP contribution in [0.25, 0.3) is 11.1 Å². The van der Waals surface area contributed by atoms with Crippen molar-refractivity contribution in [3.05, 3.63) is 54.3 Å². The van der Waals surface area contributed by atoms with Crippen LogP contribution in [0.4, 0.5) is 14.9 Å². The van der Waals surface area contributed by atoms with Crippen LogP contribution in [0.15, 0.2) is 48.5 Å². The van der Waals surface area contributed by atoms with Gasteiger partial charge in [0.05, 0.1) is 5.41 Å². The average molecular weight is 381 g/mol. The third-order valence-electron chi connectivity index (χ3n) is 5.86. The SMILES string of the molecule is CN1CCCC2(CCN(C(=O)Nc3cccc(-c4cccc(F)c4)c3)C2)C1=O. The number of hydrogen-bond donors (Lipinski definition) is 1. The van der Waals surface area contributed by atoms with E-state index >= 15 is 0 Å². The smallest absolute Gasteiger partial charge is 0.321 e. The van der Waals surface area contributed by atoms with Gasteiger partial charge in [0.1, 0.15) is 5.82 Å². The highest BCUT2D eigenvalue weighted by Crippen LogP contribution is 2.39. The zero-order valence-electron chi connectivity index (χ0n) is 16.0. The minimum atomic E-state index is -0.423. The van der Waals surface area contributed by atoms with Crippen molar-refractivity contribution in [3.63, 3.8) is 0 Å². The second-order valence-corrected chi connectivity index (χ2v) is 7.80. The topological polar surface area (TPSA) is 52.6 Å². The van der Waals surface area contributed by atoms with E-state index in [2.05, 4.69) is 5.32 Å². The summed E-state index contributed by atoms with van der Waals surface area (Å²) in [6.45, 7) is 1.83. The summed E-state index contributed by atoms with van der Waals surface area (Å²) in [5.74, 6) is -0.140. The molecule has 1 spiro atoms. The second-order valence-electron chi connectivity index (χ2n) is 7.80. The largest absolute Gasteiger partial charge is 0.345 e. The number of carbonyl (C=O) groups excluding carboxylic acids is 2. The molecular weight excluding hydrogens is 357 g/mol. The number of urea groups is 1. The van der Waals surface area contributed by atoms with Crippen LogP contribution in [-0.4, -0.2) is 48.4 Å². The lowest BCUT2D eigenvalue weighted by molar-refractivity contribution is -0.143. The van der Waals surface area contributed by atoms with Gasteiger partial charge in [0.15, 0.2) is 0 Å². The summed E-state index contributed by atoms with van der Waals surface area (Å²) in [6.07, 6.45) is 2.54. The van der Waals surface area contributed by atoms with Crippen LogP contribution in [0.3, 0.4) is 0 Å². The molecule has 0 aromatic heterocycles. The van der Waals surface area contributed by atoms with Crippen LogP contribution in [0.2, 0.25) is 0 Å². The molecule has 1 N–H and O–H groups in total. The van der Waals surface area contributed by atoms with E-state index in [1.807, 2.05) is 37.4 Å². The number of amides is 3. The maximum atomic E-state index is 13.5. The van der Waals surface area contributed by atoms with Gasteiger partial charge in [-0.2, -0.15) is 0 Å². The van der Waals surface area contributed by atoms with Crippen molar-refractivity contribution in [3.8, 4) is 11.1 Å². The summed E-state index contributed by atoms with van der Waals surface area (Å²) in [6, 6.07) is 13.5. The zero-order chi connectivity index (χ0) is 19.7. The van der Waals surface area contributed by atoms with Gasteiger partial charge in [-0.05, 0) is 54.7 Å². The maximum Gasteiger partial charge on any atom is 0.321 e. The van der Waals surface area contributed by atoms with Crippen LogP contribution < -0.4 is 5.32 Å². The van der Waals surface area contributed by atoms with Crippen LogP contribution in [0.5, 0.6) is 0 Å². The van der Waals surface area contributed by atoms with Gasteiger partial charge in [0.25, 0.3) is 0 Å². The molecule has 146 valence electrons. The summed E-state index contributed by atoms with van der Waals surface area (Å²) in [4.78, 5) is 28.9. The molecule has 0 saturated carbocycles. The van der Waals surface area contributed by atoms with Gasteiger partial charge in [-0.25, -0.2) is 9.18 Å². The molecule has 2 aromatic rings. The number of rotatable bonds is 2. The van der Waals surface area contributed by atoms with E-state index in [9.17, 15) is 14.0 Å². The highest BCUT2D eigenvalue weighted by molar-refractivity contribution is 5.92. The Morgan fingerprint density at radius 2 is 1.82 bits per heavy atom. The molecule has 2 heterocycles. The van der Waals surface area contributed by atoms with Crippen molar-refractivity contribution in [2.75, 3.05) is 32.0 Å². The lowest BCUT2D eigenvalue weighted by Crippen LogP contribution is -2.49. The average Bonchev–Trinajstić information content (AvgIpc) is 3.12. The van der Waals surface area contributed by atoms with Gasteiger partial charge >= 0.3 is 6.03 Å². The number of nitrogens with zero attached hydrogens (tertiary/aromatic N) is 2. The summed E-state index contributed by atoms with van der Waals surface area (Å²) in [7, 11) is 1.84. The Bertz CT molecular complexity index is 916. The van der Waals surface area contributed by atoms with E-state index in [1.165, 1.54) is 12.1 Å². The summed E-state index contributed by atoms with van der Waals surface area (Å²) in [5, 5.41) is 2.93. The van der Waals surface area contributed by atoms with Crippen LogP contribution in [0.1, 0.15) is 19.3 Å². The van der Waals surface area contributed by atoms with Crippen LogP contribution >= 0.6 is 0 Å². The number of nitrogens with one attached hydrogen (secondary N) is 1. The van der Waals surface area contributed by atoms with Crippen molar-refractivity contribution < 1.29 is 14.0 Å². The molecule has 2 aliphatic heterocycles. The molecule has 28 heavy (non-hydrogen) atoms. The number of likely N-dealkylation sites (tertiary alicyclic amines) is 2. The third-order valence-corrected chi connectivity index (χ3v) is 5.86.